The average Bonchev–Trinajstić information content (AvgIpc) is 3.09. The summed E-state index contributed by atoms with van der Waals surface area (Å²) in [6.45, 7) is 1.42. The zero-order chi connectivity index (χ0) is 20.5. The van der Waals surface area contributed by atoms with Crippen LogP contribution in [0.1, 0.15) is 5.01 Å². The van der Waals surface area contributed by atoms with E-state index in [0.717, 1.165) is 10.2 Å². The fourth-order valence-electron chi connectivity index (χ4n) is 2.86. The maximum Gasteiger partial charge on any atom is 0.294 e. The van der Waals surface area contributed by atoms with Crippen LogP contribution in [0.25, 0.3) is 21.5 Å². The monoisotopic (exact) mass is 428 g/mol. The minimum Gasteiger partial charge on any atom is -0.322 e. The molecular weight excluding hydrogens is 415 g/mol. The highest BCUT2D eigenvalue weighted by Gasteiger charge is 2.18. The summed E-state index contributed by atoms with van der Waals surface area (Å²) >= 11 is 7.32. The van der Waals surface area contributed by atoms with Crippen LogP contribution in [0.5, 0.6) is 0 Å². The minimum absolute atomic E-state index is 0.0362. The standard InChI is InChI=1S/C20H14ClFN4O2S/c1-11-23-18-19(29-11)17(12-6-8-13(21)9-7-12)25-26(20(18)28)10-16(27)24-15-5-3-2-4-14(15)22/h2-9H,10H2,1H3,(H,24,27). The number of hydrogen-bond donors (Lipinski definition) is 1. The molecule has 6 nitrogen and oxygen atoms in total. The van der Waals surface area contributed by atoms with Crippen molar-refractivity contribution < 1.29 is 9.18 Å². The van der Waals surface area contributed by atoms with Crippen molar-refractivity contribution in [2.75, 3.05) is 5.32 Å². The second-order valence-electron chi connectivity index (χ2n) is 6.26. The van der Waals surface area contributed by atoms with E-state index in [2.05, 4.69) is 15.4 Å². The molecule has 0 unspecified atom stereocenters. The fourth-order valence-corrected chi connectivity index (χ4v) is 3.90. The molecule has 0 radical (unpaired) electrons. The van der Waals surface area contributed by atoms with E-state index in [0.29, 0.717) is 20.4 Å². The number of para-hydroxylation sites is 1. The lowest BCUT2D eigenvalue weighted by molar-refractivity contribution is -0.117. The van der Waals surface area contributed by atoms with Crippen molar-refractivity contribution in [2.24, 2.45) is 0 Å². The van der Waals surface area contributed by atoms with E-state index in [1.165, 1.54) is 29.5 Å². The van der Waals surface area contributed by atoms with Crippen molar-refractivity contribution >= 4 is 44.7 Å². The number of thiazole rings is 1. The highest BCUT2D eigenvalue weighted by Crippen LogP contribution is 2.30. The molecule has 29 heavy (non-hydrogen) atoms. The maximum atomic E-state index is 13.8. The predicted octanol–water partition coefficient (Wildman–Crippen LogP) is 4.26. The molecule has 0 aliphatic carbocycles. The van der Waals surface area contributed by atoms with Crippen molar-refractivity contribution in [3.63, 3.8) is 0 Å². The smallest absolute Gasteiger partial charge is 0.294 e. The maximum absolute atomic E-state index is 13.8. The molecule has 0 saturated heterocycles. The van der Waals surface area contributed by atoms with Crippen LogP contribution in [-0.4, -0.2) is 20.7 Å². The van der Waals surface area contributed by atoms with Crippen molar-refractivity contribution in [3.05, 3.63) is 74.7 Å². The lowest BCUT2D eigenvalue weighted by Gasteiger charge is -2.10. The van der Waals surface area contributed by atoms with Gasteiger partial charge < -0.3 is 5.32 Å². The first kappa shape index (κ1) is 19.2. The fraction of sp³-hybridized carbons (Fsp3) is 0.100. The normalized spacial score (nSPS) is 11.0. The van der Waals surface area contributed by atoms with E-state index in [1.54, 1.807) is 37.3 Å². The number of amides is 1. The van der Waals surface area contributed by atoms with E-state index >= 15 is 0 Å². The molecule has 0 spiro atoms. The van der Waals surface area contributed by atoms with Crippen LogP contribution in [-0.2, 0) is 11.3 Å². The van der Waals surface area contributed by atoms with E-state index in [9.17, 15) is 14.0 Å². The summed E-state index contributed by atoms with van der Waals surface area (Å²) in [6, 6.07) is 12.8. The number of aromatic nitrogens is 3. The van der Waals surface area contributed by atoms with Gasteiger partial charge in [-0.05, 0) is 31.2 Å². The second-order valence-corrected chi connectivity index (χ2v) is 7.90. The Morgan fingerprint density at radius 3 is 2.66 bits per heavy atom. The van der Waals surface area contributed by atoms with Crippen LogP contribution in [0.3, 0.4) is 0 Å². The summed E-state index contributed by atoms with van der Waals surface area (Å²) in [4.78, 5) is 29.5. The molecule has 2 aromatic carbocycles. The Morgan fingerprint density at radius 2 is 1.93 bits per heavy atom. The number of nitrogens with one attached hydrogen (secondary N) is 1. The second kappa shape index (κ2) is 7.73. The Balaban J connectivity index is 1.75. The van der Waals surface area contributed by atoms with E-state index in [1.807, 2.05) is 0 Å². The van der Waals surface area contributed by atoms with Gasteiger partial charge in [-0.15, -0.1) is 11.3 Å². The topological polar surface area (TPSA) is 76.9 Å². The number of carbonyl (C=O) groups is 1. The third kappa shape index (κ3) is 3.90. The van der Waals surface area contributed by atoms with Crippen molar-refractivity contribution in [1.29, 1.82) is 0 Å². The molecule has 0 bridgehead atoms. The number of fused-ring (bicyclic) bond motifs is 1. The van der Waals surface area contributed by atoms with Gasteiger partial charge >= 0.3 is 0 Å². The summed E-state index contributed by atoms with van der Waals surface area (Å²) < 4.78 is 15.5. The molecule has 1 N–H and O–H groups in total. The summed E-state index contributed by atoms with van der Waals surface area (Å²) in [5.74, 6) is -1.13. The number of anilines is 1. The van der Waals surface area contributed by atoms with Crippen molar-refractivity contribution in [2.45, 2.75) is 13.5 Å². The number of rotatable bonds is 4. The van der Waals surface area contributed by atoms with Gasteiger partial charge in [0, 0.05) is 10.6 Å². The van der Waals surface area contributed by atoms with Crippen LogP contribution in [0.2, 0.25) is 5.02 Å². The predicted molar refractivity (Wildman–Crippen MR) is 112 cm³/mol. The van der Waals surface area contributed by atoms with Crippen LogP contribution in [0, 0.1) is 12.7 Å². The summed E-state index contributed by atoms with van der Waals surface area (Å²) in [5, 5.41) is 8.13. The third-order valence-electron chi connectivity index (χ3n) is 4.17. The average molecular weight is 429 g/mol. The Labute approximate surface area is 173 Å². The van der Waals surface area contributed by atoms with Gasteiger partial charge in [0.2, 0.25) is 5.91 Å². The van der Waals surface area contributed by atoms with Gasteiger partial charge in [0.25, 0.3) is 5.56 Å². The molecule has 2 heterocycles. The lowest BCUT2D eigenvalue weighted by Crippen LogP contribution is -2.30. The van der Waals surface area contributed by atoms with Gasteiger partial charge in [-0.1, -0.05) is 35.9 Å². The van der Waals surface area contributed by atoms with Gasteiger partial charge in [0.15, 0.2) is 5.52 Å². The third-order valence-corrected chi connectivity index (χ3v) is 5.40. The molecule has 2 aromatic heterocycles. The van der Waals surface area contributed by atoms with E-state index < -0.39 is 17.3 Å². The zero-order valence-electron chi connectivity index (χ0n) is 15.1. The Kier molecular flexibility index (Phi) is 5.12. The van der Waals surface area contributed by atoms with Gasteiger partial charge in [0.05, 0.1) is 15.4 Å². The number of halogens is 2. The molecular formula is C20H14ClFN4O2S. The van der Waals surface area contributed by atoms with Gasteiger partial charge in [-0.2, -0.15) is 5.10 Å². The lowest BCUT2D eigenvalue weighted by atomic mass is 10.1. The molecule has 0 atom stereocenters. The SMILES string of the molecule is Cc1nc2c(=O)n(CC(=O)Nc3ccccc3F)nc(-c3ccc(Cl)cc3)c2s1. The zero-order valence-corrected chi connectivity index (χ0v) is 16.7. The molecule has 0 aliphatic rings. The first-order chi connectivity index (χ1) is 13.9. The van der Waals surface area contributed by atoms with E-state index in [4.69, 9.17) is 11.6 Å². The molecule has 0 saturated carbocycles. The van der Waals surface area contributed by atoms with Gasteiger partial charge in [0.1, 0.15) is 18.1 Å². The quantitative estimate of drug-likeness (QED) is 0.527. The van der Waals surface area contributed by atoms with E-state index in [-0.39, 0.29) is 17.7 Å². The summed E-state index contributed by atoms with van der Waals surface area (Å²) in [5.41, 5.74) is 1.07. The molecule has 1 amide bonds. The van der Waals surface area contributed by atoms with Gasteiger partial charge in [-0.3, -0.25) is 9.59 Å². The molecule has 9 heteroatoms. The molecule has 0 aliphatic heterocycles. The van der Waals surface area contributed by atoms with Crippen LogP contribution < -0.4 is 10.9 Å². The Morgan fingerprint density at radius 1 is 1.21 bits per heavy atom. The van der Waals surface area contributed by atoms with Crippen molar-refractivity contribution in [1.82, 2.24) is 14.8 Å². The molecule has 146 valence electrons. The first-order valence-corrected chi connectivity index (χ1v) is 9.80. The molecule has 4 aromatic rings. The van der Waals surface area contributed by atoms with Gasteiger partial charge in [-0.25, -0.2) is 14.1 Å². The Hall–Kier alpha value is -3.10. The summed E-state index contributed by atoms with van der Waals surface area (Å²) in [6.07, 6.45) is 0. The van der Waals surface area contributed by atoms with Crippen LogP contribution >= 0.6 is 22.9 Å². The van der Waals surface area contributed by atoms with Crippen molar-refractivity contribution in [3.8, 4) is 11.3 Å². The molecule has 0 fully saturated rings. The highest BCUT2D eigenvalue weighted by atomic mass is 35.5. The minimum atomic E-state index is -0.571. The van der Waals surface area contributed by atoms with Crippen LogP contribution in [0.15, 0.2) is 53.3 Å². The number of carbonyl (C=O) groups excluding carboxylic acids is 1. The largest absolute Gasteiger partial charge is 0.322 e. The number of aryl methyl sites for hydroxylation is 1. The molecule has 4 rings (SSSR count). The highest BCUT2D eigenvalue weighted by molar-refractivity contribution is 7.19. The number of benzene rings is 2. The Bertz CT molecular complexity index is 1280. The first-order valence-electron chi connectivity index (χ1n) is 8.61. The van der Waals surface area contributed by atoms with Crippen LogP contribution in [0.4, 0.5) is 10.1 Å². The number of nitrogens with zero attached hydrogens (tertiary/aromatic N) is 3. The summed E-state index contributed by atoms with van der Waals surface area (Å²) in [7, 11) is 0. The number of hydrogen-bond acceptors (Lipinski definition) is 5.